The van der Waals surface area contributed by atoms with E-state index in [9.17, 15) is 0 Å². The number of nitrogens with two attached hydrogens (primary N) is 2. The summed E-state index contributed by atoms with van der Waals surface area (Å²) in [6.07, 6.45) is 4.94. The lowest BCUT2D eigenvalue weighted by atomic mass is 9.94. The van der Waals surface area contributed by atoms with Crippen molar-refractivity contribution < 1.29 is 0 Å². The van der Waals surface area contributed by atoms with Gasteiger partial charge in [0, 0.05) is 60.6 Å². The molecule has 5 N–H and O–H groups in total. The van der Waals surface area contributed by atoms with Crippen molar-refractivity contribution in [1.29, 1.82) is 0 Å². The Labute approximate surface area is 170 Å². The van der Waals surface area contributed by atoms with Crippen molar-refractivity contribution in [1.82, 2.24) is 14.7 Å². The first kappa shape index (κ1) is 19.1. The van der Waals surface area contributed by atoms with Crippen molar-refractivity contribution >= 4 is 28.8 Å². The Morgan fingerprint density at radius 2 is 2.00 bits per heavy atom. The van der Waals surface area contributed by atoms with Crippen LogP contribution in [-0.4, -0.2) is 35.6 Å². The molecule has 0 unspecified atom stereocenters. The van der Waals surface area contributed by atoms with Gasteiger partial charge in [0.25, 0.3) is 0 Å². The van der Waals surface area contributed by atoms with Gasteiger partial charge in [-0.05, 0) is 30.5 Å². The summed E-state index contributed by atoms with van der Waals surface area (Å²) in [7, 11) is 0. The maximum Gasteiger partial charge on any atom is 0.162 e. The van der Waals surface area contributed by atoms with Crippen molar-refractivity contribution in [3.05, 3.63) is 46.2 Å². The number of hydrogen-bond donors (Lipinski definition) is 3. The highest BCUT2D eigenvalue weighted by atomic mass is 35.5. The van der Waals surface area contributed by atoms with Crippen LogP contribution in [0.5, 0.6) is 0 Å². The van der Waals surface area contributed by atoms with Crippen LogP contribution in [0.25, 0.3) is 16.8 Å². The fourth-order valence-corrected chi connectivity index (χ4v) is 4.48. The third-order valence-electron chi connectivity index (χ3n) is 5.60. The zero-order chi connectivity index (χ0) is 19.8. The number of pyridine rings is 1. The fraction of sp³-hybridized carbons (Fsp3) is 0.381. The molecule has 1 fully saturated rings. The van der Waals surface area contributed by atoms with E-state index in [1.54, 1.807) is 0 Å². The standard InChI is InChI=1S/C21H27ClN6/c1-3-14-8-13(2)19(17(22)9-14)16-12-28-18(27-6-4-25-5-7-27)11-26-21(28)20(24)15(16)10-23/h8-9,11-12,25H,3-7,10,23-24H2,1-2H3. The first-order valence-electron chi connectivity index (χ1n) is 9.78. The molecule has 4 rings (SSSR count). The van der Waals surface area contributed by atoms with Gasteiger partial charge in [-0.15, -0.1) is 0 Å². The molecule has 28 heavy (non-hydrogen) atoms. The van der Waals surface area contributed by atoms with Gasteiger partial charge >= 0.3 is 0 Å². The fourth-order valence-electron chi connectivity index (χ4n) is 4.09. The van der Waals surface area contributed by atoms with Gasteiger partial charge in [-0.2, -0.15) is 0 Å². The summed E-state index contributed by atoms with van der Waals surface area (Å²) in [6, 6.07) is 4.22. The second-order valence-electron chi connectivity index (χ2n) is 7.31. The molecule has 3 heterocycles. The molecular formula is C21H27ClN6. The van der Waals surface area contributed by atoms with Crippen molar-refractivity contribution in [2.24, 2.45) is 5.73 Å². The van der Waals surface area contributed by atoms with Crippen LogP contribution in [0, 0.1) is 6.92 Å². The molecule has 0 radical (unpaired) electrons. The van der Waals surface area contributed by atoms with Gasteiger partial charge in [0.05, 0.1) is 11.9 Å². The predicted molar refractivity (Wildman–Crippen MR) is 117 cm³/mol. The van der Waals surface area contributed by atoms with Crippen LogP contribution in [0.4, 0.5) is 11.5 Å². The minimum absolute atomic E-state index is 0.332. The number of aromatic nitrogens is 2. The second-order valence-corrected chi connectivity index (χ2v) is 7.72. The van der Waals surface area contributed by atoms with Gasteiger partial charge in [0.1, 0.15) is 5.82 Å². The van der Waals surface area contributed by atoms with Crippen LogP contribution in [0.15, 0.2) is 24.5 Å². The third-order valence-corrected chi connectivity index (χ3v) is 5.89. The number of nitrogens with zero attached hydrogens (tertiary/aromatic N) is 3. The molecule has 6 nitrogen and oxygen atoms in total. The van der Waals surface area contributed by atoms with Crippen LogP contribution in [0.3, 0.4) is 0 Å². The Morgan fingerprint density at radius 3 is 2.64 bits per heavy atom. The number of benzene rings is 1. The third kappa shape index (κ3) is 3.11. The number of fused-ring (bicyclic) bond motifs is 1. The summed E-state index contributed by atoms with van der Waals surface area (Å²) in [4.78, 5) is 6.93. The monoisotopic (exact) mass is 398 g/mol. The molecule has 1 aliphatic heterocycles. The zero-order valence-electron chi connectivity index (χ0n) is 16.4. The van der Waals surface area contributed by atoms with Gasteiger partial charge in [-0.25, -0.2) is 4.98 Å². The number of hydrogen-bond acceptors (Lipinski definition) is 5. The van der Waals surface area contributed by atoms with Gasteiger partial charge in [-0.1, -0.05) is 24.6 Å². The Kier molecular flexibility index (Phi) is 5.19. The Hall–Kier alpha value is -2.28. The Morgan fingerprint density at radius 1 is 1.25 bits per heavy atom. The topological polar surface area (TPSA) is 84.6 Å². The van der Waals surface area contributed by atoms with E-state index in [0.717, 1.165) is 71.3 Å². The summed E-state index contributed by atoms with van der Waals surface area (Å²) in [6.45, 7) is 8.34. The second kappa shape index (κ2) is 7.62. The smallest absolute Gasteiger partial charge is 0.162 e. The Balaban J connectivity index is 1.95. The van der Waals surface area contributed by atoms with E-state index in [-0.39, 0.29) is 0 Å². The number of piperazine rings is 1. The molecule has 1 saturated heterocycles. The maximum atomic E-state index is 6.72. The summed E-state index contributed by atoms with van der Waals surface area (Å²) >= 11 is 6.72. The summed E-state index contributed by atoms with van der Waals surface area (Å²) in [5, 5.41) is 4.12. The minimum atomic E-state index is 0.332. The first-order valence-corrected chi connectivity index (χ1v) is 10.2. The number of anilines is 2. The van der Waals surface area contributed by atoms with Gasteiger partial charge in [0.15, 0.2) is 5.65 Å². The molecule has 0 spiro atoms. The van der Waals surface area contributed by atoms with Gasteiger partial charge in [0.2, 0.25) is 0 Å². The van der Waals surface area contributed by atoms with Crippen molar-refractivity contribution in [2.75, 3.05) is 36.8 Å². The summed E-state index contributed by atoms with van der Waals surface area (Å²) in [5.41, 5.74) is 19.2. The van der Waals surface area contributed by atoms with Crippen molar-refractivity contribution in [3.63, 3.8) is 0 Å². The van der Waals surface area contributed by atoms with Crippen molar-refractivity contribution in [3.8, 4) is 11.1 Å². The number of nitrogens with one attached hydrogen (secondary N) is 1. The van der Waals surface area contributed by atoms with Crippen LogP contribution in [0.1, 0.15) is 23.6 Å². The minimum Gasteiger partial charge on any atom is -0.395 e. The quantitative estimate of drug-likeness (QED) is 0.629. The Bertz CT molecular complexity index is 996. The van der Waals surface area contributed by atoms with Gasteiger partial charge in [-0.3, -0.25) is 4.40 Å². The number of nitrogen functional groups attached to an aromatic ring is 1. The van der Waals surface area contributed by atoms with Crippen LogP contribution >= 0.6 is 11.6 Å². The summed E-state index contributed by atoms with van der Waals surface area (Å²) < 4.78 is 2.08. The van der Waals surface area contributed by atoms with Crippen LogP contribution in [-0.2, 0) is 13.0 Å². The lowest BCUT2D eigenvalue weighted by molar-refractivity contribution is 0.584. The molecular weight excluding hydrogens is 372 g/mol. The number of halogens is 1. The number of imidazole rings is 1. The predicted octanol–water partition coefficient (Wildman–Crippen LogP) is 2.98. The number of aryl methyl sites for hydroxylation is 2. The normalized spacial score (nSPS) is 14.8. The van der Waals surface area contributed by atoms with E-state index in [2.05, 4.69) is 45.7 Å². The number of rotatable bonds is 4. The lowest BCUT2D eigenvalue weighted by Crippen LogP contribution is -2.44. The van der Waals surface area contributed by atoms with E-state index in [1.165, 1.54) is 5.56 Å². The highest BCUT2D eigenvalue weighted by Crippen LogP contribution is 2.38. The molecule has 0 bridgehead atoms. The molecule has 1 aromatic carbocycles. The van der Waals surface area contributed by atoms with E-state index < -0.39 is 0 Å². The zero-order valence-corrected chi connectivity index (χ0v) is 17.2. The molecule has 0 saturated carbocycles. The molecule has 0 atom stereocenters. The molecule has 7 heteroatoms. The average Bonchev–Trinajstić information content (AvgIpc) is 3.12. The van der Waals surface area contributed by atoms with Crippen LogP contribution in [0.2, 0.25) is 5.02 Å². The lowest BCUT2D eigenvalue weighted by Gasteiger charge is -2.29. The average molecular weight is 399 g/mol. The van der Waals surface area contributed by atoms with E-state index in [4.69, 9.17) is 23.1 Å². The first-order chi connectivity index (χ1) is 13.5. The molecule has 0 aliphatic carbocycles. The highest BCUT2D eigenvalue weighted by Gasteiger charge is 2.21. The summed E-state index contributed by atoms with van der Waals surface area (Å²) in [5.74, 6) is 1.05. The highest BCUT2D eigenvalue weighted by molar-refractivity contribution is 6.33. The maximum absolute atomic E-state index is 6.72. The van der Waals surface area contributed by atoms with Gasteiger partial charge < -0.3 is 21.7 Å². The van der Waals surface area contributed by atoms with E-state index in [0.29, 0.717) is 12.2 Å². The van der Waals surface area contributed by atoms with Crippen LogP contribution < -0.4 is 21.7 Å². The van der Waals surface area contributed by atoms with E-state index >= 15 is 0 Å². The van der Waals surface area contributed by atoms with Crippen molar-refractivity contribution in [2.45, 2.75) is 26.8 Å². The largest absolute Gasteiger partial charge is 0.395 e. The molecule has 0 amide bonds. The molecule has 1 aliphatic rings. The molecule has 2 aromatic heterocycles. The van der Waals surface area contributed by atoms with E-state index in [1.807, 2.05) is 12.3 Å². The SMILES string of the molecule is CCc1cc(C)c(-c2cn3c(N4CCNCC4)cnc3c(N)c2CN)c(Cl)c1. The molecule has 148 valence electrons. The molecule has 3 aromatic rings.